The predicted molar refractivity (Wildman–Crippen MR) is 117 cm³/mol. The summed E-state index contributed by atoms with van der Waals surface area (Å²) in [5, 5.41) is 0. The van der Waals surface area contributed by atoms with E-state index in [4.69, 9.17) is 8.92 Å². The van der Waals surface area contributed by atoms with Crippen molar-refractivity contribution in [1.82, 2.24) is 4.90 Å². The second kappa shape index (κ2) is 12.1. The molecule has 6 nitrogen and oxygen atoms in total. The van der Waals surface area contributed by atoms with Crippen molar-refractivity contribution in [2.24, 2.45) is 5.92 Å². The minimum Gasteiger partial charge on any atom is -0.493 e. The van der Waals surface area contributed by atoms with Crippen LogP contribution in [0.3, 0.4) is 0 Å². The van der Waals surface area contributed by atoms with E-state index in [1.165, 1.54) is 14.0 Å². The van der Waals surface area contributed by atoms with Crippen LogP contribution in [0, 0.1) is 5.92 Å². The van der Waals surface area contributed by atoms with Gasteiger partial charge in [0.1, 0.15) is 0 Å². The van der Waals surface area contributed by atoms with Crippen molar-refractivity contribution in [3.8, 4) is 11.5 Å². The Bertz CT molecular complexity index is 748. The number of carbonyl (C=O) groups excluding carboxylic acids is 1. The van der Waals surface area contributed by atoms with Gasteiger partial charge in [0.05, 0.1) is 12.9 Å². The van der Waals surface area contributed by atoms with Crippen molar-refractivity contribution in [1.29, 1.82) is 0 Å². The van der Waals surface area contributed by atoms with Crippen molar-refractivity contribution in [2.45, 2.75) is 79.3 Å². The van der Waals surface area contributed by atoms with E-state index in [1.54, 1.807) is 12.1 Å². The highest BCUT2D eigenvalue weighted by atomic mass is 32.2. The van der Waals surface area contributed by atoms with E-state index in [9.17, 15) is 13.2 Å². The normalized spacial score (nSPS) is 13.6. The summed E-state index contributed by atoms with van der Waals surface area (Å²) >= 11 is 0. The smallest absolute Gasteiger partial charge is 0.309 e. The first-order valence-electron chi connectivity index (χ1n) is 10.6. The summed E-state index contributed by atoms with van der Waals surface area (Å²) in [5.41, 5.74) is 0.811. The summed E-state index contributed by atoms with van der Waals surface area (Å²) in [6.45, 7) is 10.2. The van der Waals surface area contributed by atoms with Crippen molar-refractivity contribution in [2.75, 3.05) is 12.9 Å². The number of nitrogens with zero attached hydrogens (tertiary/aromatic N) is 1. The van der Waals surface area contributed by atoms with Gasteiger partial charge in [-0.1, -0.05) is 39.7 Å². The standard InChI is InChI=1S/C22H37NO5S/c1-7-11-12-19(9-3)22(24)23(17(5)8-2)16-18-13-14-20(27-6)21(15-18)28-29(25,26)10-4/h13-15,17,19H,7-12,16H2,1-6H3/t17-,19+/m1/s1. The lowest BCUT2D eigenvalue weighted by atomic mass is 9.96. The van der Waals surface area contributed by atoms with Crippen LogP contribution in [0.2, 0.25) is 0 Å². The van der Waals surface area contributed by atoms with Crippen molar-refractivity contribution in [3.63, 3.8) is 0 Å². The Morgan fingerprint density at radius 3 is 2.31 bits per heavy atom. The van der Waals surface area contributed by atoms with Crippen LogP contribution in [0.1, 0.15) is 72.3 Å². The highest BCUT2D eigenvalue weighted by Crippen LogP contribution is 2.31. The number of amides is 1. The third kappa shape index (κ3) is 7.53. The second-order valence-corrected chi connectivity index (χ2v) is 9.25. The van der Waals surface area contributed by atoms with Crippen molar-refractivity contribution >= 4 is 16.0 Å². The van der Waals surface area contributed by atoms with Crippen LogP contribution in [0.15, 0.2) is 18.2 Å². The molecule has 0 aliphatic rings. The fourth-order valence-corrected chi connectivity index (χ4v) is 3.66. The molecule has 0 radical (unpaired) electrons. The van der Waals surface area contributed by atoms with Gasteiger partial charge in [-0.3, -0.25) is 4.79 Å². The lowest BCUT2D eigenvalue weighted by molar-refractivity contribution is -0.138. The zero-order chi connectivity index (χ0) is 22.0. The van der Waals surface area contributed by atoms with Gasteiger partial charge in [0.2, 0.25) is 5.91 Å². The van der Waals surface area contributed by atoms with E-state index in [0.29, 0.717) is 12.3 Å². The van der Waals surface area contributed by atoms with Crippen molar-refractivity contribution < 1.29 is 22.1 Å². The fraction of sp³-hybridized carbons (Fsp3) is 0.682. The molecule has 0 bridgehead atoms. The molecule has 0 saturated heterocycles. The van der Waals surface area contributed by atoms with Crippen LogP contribution in [0.25, 0.3) is 0 Å². The Morgan fingerprint density at radius 1 is 1.10 bits per heavy atom. The summed E-state index contributed by atoms with van der Waals surface area (Å²) in [5.74, 6) is 0.546. The van der Waals surface area contributed by atoms with Crippen LogP contribution >= 0.6 is 0 Å². The molecular weight excluding hydrogens is 390 g/mol. The van der Waals surface area contributed by atoms with E-state index in [0.717, 1.165) is 37.7 Å². The zero-order valence-corrected chi connectivity index (χ0v) is 19.5. The fourth-order valence-electron chi connectivity index (χ4n) is 3.14. The van der Waals surface area contributed by atoms with Gasteiger partial charge in [0.15, 0.2) is 11.5 Å². The number of ether oxygens (including phenoxy) is 1. The number of benzene rings is 1. The molecule has 166 valence electrons. The number of hydrogen-bond acceptors (Lipinski definition) is 5. The van der Waals surface area contributed by atoms with Gasteiger partial charge in [-0.25, -0.2) is 0 Å². The second-order valence-electron chi connectivity index (χ2n) is 7.39. The molecule has 0 N–H and O–H groups in total. The van der Waals surface area contributed by atoms with Gasteiger partial charge in [0, 0.05) is 18.5 Å². The Morgan fingerprint density at radius 2 is 1.79 bits per heavy atom. The molecule has 0 aliphatic heterocycles. The summed E-state index contributed by atoms with van der Waals surface area (Å²) in [4.78, 5) is 15.1. The molecule has 0 aliphatic carbocycles. The average Bonchev–Trinajstić information content (AvgIpc) is 2.71. The van der Waals surface area contributed by atoms with Gasteiger partial charge >= 0.3 is 10.1 Å². The molecule has 29 heavy (non-hydrogen) atoms. The van der Waals surface area contributed by atoms with Gasteiger partial charge < -0.3 is 13.8 Å². The molecule has 2 atom stereocenters. The first-order valence-corrected chi connectivity index (χ1v) is 12.2. The van der Waals surface area contributed by atoms with E-state index < -0.39 is 10.1 Å². The highest BCUT2D eigenvalue weighted by Gasteiger charge is 2.26. The maximum atomic E-state index is 13.2. The number of methoxy groups -OCH3 is 1. The Kier molecular flexibility index (Phi) is 10.5. The van der Waals surface area contributed by atoms with Gasteiger partial charge in [-0.15, -0.1) is 0 Å². The first kappa shape index (κ1) is 25.3. The molecule has 1 aromatic rings. The summed E-state index contributed by atoms with van der Waals surface area (Å²) in [6.07, 6.45) is 4.66. The first-order chi connectivity index (χ1) is 13.7. The van der Waals surface area contributed by atoms with Gasteiger partial charge in [0.25, 0.3) is 0 Å². The highest BCUT2D eigenvalue weighted by molar-refractivity contribution is 7.87. The SMILES string of the molecule is CCCC[C@H](CC)C(=O)N(Cc1ccc(OC)c(OS(=O)(=O)CC)c1)[C@H](C)CC. The molecule has 1 rings (SSSR count). The topological polar surface area (TPSA) is 72.9 Å². The minimum absolute atomic E-state index is 0.0124. The Hall–Kier alpha value is -1.76. The molecule has 7 heteroatoms. The zero-order valence-electron chi connectivity index (χ0n) is 18.7. The van der Waals surface area contributed by atoms with Crippen LogP contribution < -0.4 is 8.92 Å². The molecule has 0 spiro atoms. The average molecular weight is 428 g/mol. The quantitative estimate of drug-likeness (QED) is 0.424. The Labute approximate surface area is 176 Å². The van der Waals surface area contributed by atoms with Gasteiger partial charge in [-0.05, 0) is 50.8 Å². The monoisotopic (exact) mass is 427 g/mol. The molecular formula is C22H37NO5S. The third-order valence-corrected chi connectivity index (χ3v) is 6.45. The van der Waals surface area contributed by atoms with E-state index in [2.05, 4.69) is 20.8 Å². The van der Waals surface area contributed by atoms with Crippen LogP contribution in [0.4, 0.5) is 0 Å². The number of hydrogen-bond donors (Lipinski definition) is 0. The molecule has 0 unspecified atom stereocenters. The lowest BCUT2D eigenvalue weighted by Crippen LogP contribution is -2.41. The molecule has 0 fully saturated rings. The van der Waals surface area contributed by atoms with E-state index in [1.807, 2.05) is 17.9 Å². The maximum Gasteiger partial charge on any atom is 0.309 e. The van der Waals surface area contributed by atoms with Crippen LogP contribution in [0.5, 0.6) is 11.5 Å². The Balaban J connectivity index is 3.17. The molecule has 1 aromatic carbocycles. The van der Waals surface area contributed by atoms with Gasteiger partial charge in [-0.2, -0.15) is 8.42 Å². The molecule has 0 saturated carbocycles. The number of unbranched alkanes of at least 4 members (excludes halogenated alkanes) is 1. The van der Waals surface area contributed by atoms with Crippen molar-refractivity contribution in [3.05, 3.63) is 23.8 Å². The summed E-state index contributed by atoms with van der Waals surface area (Å²) in [7, 11) is -2.21. The third-order valence-electron chi connectivity index (χ3n) is 5.31. The molecule has 0 heterocycles. The number of rotatable bonds is 13. The maximum absolute atomic E-state index is 13.2. The van der Waals surface area contributed by atoms with Crippen LogP contribution in [-0.4, -0.2) is 38.1 Å². The molecule has 1 amide bonds. The summed E-state index contributed by atoms with van der Waals surface area (Å²) in [6, 6.07) is 5.27. The predicted octanol–water partition coefficient (Wildman–Crippen LogP) is 4.77. The van der Waals surface area contributed by atoms with E-state index in [-0.39, 0.29) is 29.4 Å². The molecule has 0 aromatic heterocycles. The largest absolute Gasteiger partial charge is 0.493 e. The summed E-state index contributed by atoms with van der Waals surface area (Å²) < 4.78 is 34.3. The minimum atomic E-state index is -3.68. The lowest BCUT2D eigenvalue weighted by Gasteiger charge is -2.32. The van der Waals surface area contributed by atoms with E-state index >= 15 is 0 Å². The van der Waals surface area contributed by atoms with Crippen LogP contribution in [-0.2, 0) is 21.5 Å². The number of carbonyl (C=O) groups is 1.